The summed E-state index contributed by atoms with van der Waals surface area (Å²) < 4.78 is 0. The van der Waals surface area contributed by atoms with Crippen LogP contribution in [0.4, 0.5) is 10.5 Å². The van der Waals surface area contributed by atoms with Gasteiger partial charge in [-0.25, -0.2) is 9.69 Å². The summed E-state index contributed by atoms with van der Waals surface area (Å²) in [4.78, 5) is 45.8. The molecular weight excluding hydrogens is 482 g/mol. The van der Waals surface area contributed by atoms with Gasteiger partial charge < -0.3 is 26.2 Å². The lowest BCUT2D eigenvalue weighted by atomic mass is 9.84. The second-order valence-electron chi connectivity index (χ2n) is 11.0. The molecule has 1 aromatic rings. The number of nitrogens with zero attached hydrogens (tertiary/aromatic N) is 3. The standard InChI is InChI=1S/C28H43N7O3/c1-19-8-6-9-20(2)24(19)33-14-16-34(17-15-33)26(37)23(18-21-10-4-3-5-11-21)35-25(36)22(32-28(35)38)12-7-13-31-27(29)30/h6,8-9,21-23H,3-5,7,10-18H2,1-2H3,(H,32,38)(H4,29,30,31)/t22-,23-/m1/s1. The summed E-state index contributed by atoms with van der Waals surface area (Å²) >= 11 is 0. The fourth-order valence-electron chi connectivity index (χ4n) is 6.29. The number of nitrogens with two attached hydrogens (primary N) is 1. The van der Waals surface area contributed by atoms with Crippen molar-refractivity contribution in [3.63, 3.8) is 0 Å². The predicted molar refractivity (Wildman–Crippen MR) is 148 cm³/mol. The molecule has 2 aliphatic heterocycles. The van der Waals surface area contributed by atoms with E-state index in [0.29, 0.717) is 44.8 Å². The molecule has 3 aliphatic rings. The second-order valence-corrected chi connectivity index (χ2v) is 11.0. The molecule has 1 saturated carbocycles. The van der Waals surface area contributed by atoms with Crippen LogP contribution in [-0.4, -0.2) is 78.4 Å². The maximum Gasteiger partial charge on any atom is 0.325 e. The maximum atomic E-state index is 14.0. The molecule has 1 aliphatic carbocycles. The Balaban J connectivity index is 1.45. The van der Waals surface area contributed by atoms with E-state index in [2.05, 4.69) is 47.6 Å². The van der Waals surface area contributed by atoms with Crippen LogP contribution in [-0.2, 0) is 9.59 Å². The molecule has 4 rings (SSSR count). The molecule has 0 radical (unpaired) electrons. The summed E-state index contributed by atoms with van der Waals surface area (Å²) in [5.41, 5.74) is 9.01. The number of carbonyl (C=O) groups is 3. The lowest BCUT2D eigenvalue weighted by Crippen LogP contribution is -2.57. The summed E-state index contributed by atoms with van der Waals surface area (Å²) in [6, 6.07) is 4.41. The molecule has 4 amide bonds. The van der Waals surface area contributed by atoms with Gasteiger partial charge in [0.2, 0.25) is 5.91 Å². The van der Waals surface area contributed by atoms with Crippen LogP contribution in [0.25, 0.3) is 0 Å². The maximum absolute atomic E-state index is 14.0. The van der Waals surface area contributed by atoms with Gasteiger partial charge in [0.15, 0.2) is 5.96 Å². The van der Waals surface area contributed by atoms with Gasteiger partial charge in [-0.3, -0.25) is 15.0 Å². The van der Waals surface area contributed by atoms with E-state index in [-0.39, 0.29) is 17.8 Å². The first-order valence-corrected chi connectivity index (χ1v) is 14.1. The van der Waals surface area contributed by atoms with Crippen LogP contribution in [0.2, 0.25) is 0 Å². The summed E-state index contributed by atoms with van der Waals surface area (Å²) in [6.45, 7) is 7.26. The normalized spacial score (nSPS) is 21.4. The molecule has 2 saturated heterocycles. The number of carbonyl (C=O) groups excluding carboxylic acids is 3. The van der Waals surface area contributed by atoms with Crippen molar-refractivity contribution in [2.45, 2.75) is 77.3 Å². The quantitative estimate of drug-likeness (QED) is 0.169. The van der Waals surface area contributed by atoms with E-state index < -0.39 is 18.1 Å². The molecule has 0 spiro atoms. The van der Waals surface area contributed by atoms with Crippen molar-refractivity contribution in [3.8, 4) is 0 Å². The minimum Gasteiger partial charge on any atom is -0.370 e. The van der Waals surface area contributed by atoms with Gasteiger partial charge in [-0.1, -0.05) is 50.3 Å². The average Bonchev–Trinajstić information content (AvgIpc) is 3.18. The first-order valence-electron chi connectivity index (χ1n) is 14.1. The molecule has 2 atom stereocenters. The molecule has 5 N–H and O–H groups in total. The van der Waals surface area contributed by atoms with Crippen LogP contribution in [0.15, 0.2) is 18.2 Å². The highest BCUT2D eigenvalue weighted by Gasteiger charge is 2.46. The second kappa shape index (κ2) is 12.5. The summed E-state index contributed by atoms with van der Waals surface area (Å²) in [5, 5.41) is 12.8. The number of para-hydroxylation sites is 1. The number of rotatable bonds is 9. The van der Waals surface area contributed by atoms with E-state index in [1.54, 1.807) is 0 Å². The number of anilines is 1. The summed E-state index contributed by atoms with van der Waals surface area (Å²) in [7, 11) is 0. The van der Waals surface area contributed by atoms with Gasteiger partial charge >= 0.3 is 6.03 Å². The lowest BCUT2D eigenvalue weighted by molar-refractivity contribution is -0.143. The highest BCUT2D eigenvalue weighted by atomic mass is 16.2. The van der Waals surface area contributed by atoms with E-state index in [1.165, 1.54) is 28.1 Å². The fourth-order valence-corrected chi connectivity index (χ4v) is 6.29. The molecule has 0 aromatic heterocycles. The third-order valence-corrected chi connectivity index (χ3v) is 8.26. The van der Waals surface area contributed by atoms with Crippen LogP contribution in [0.3, 0.4) is 0 Å². The molecule has 208 valence electrons. The van der Waals surface area contributed by atoms with E-state index in [4.69, 9.17) is 11.1 Å². The Hall–Kier alpha value is -3.30. The Morgan fingerprint density at radius 3 is 2.39 bits per heavy atom. The number of benzene rings is 1. The first-order chi connectivity index (χ1) is 18.3. The monoisotopic (exact) mass is 525 g/mol. The van der Waals surface area contributed by atoms with E-state index in [9.17, 15) is 14.4 Å². The number of hydrogen-bond donors (Lipinski definition) is 4. The number of imide groups is 1. The van der Waals surface area contributed by atoms with Gasteiger partial charge in [0.25, 0.3) is 5.91 Å². The van der Waals surface area contributed by atoms with Crippen molar-refractivity contribution in [2.24, 2.45) is 11.7 Å². The molecule has 1 aromatic carbocycles. The summed E-state index contributed by atoms with van der Waals surface area (Å²) in [5.74, 6) is -0.211. The van der Waals surface area contributed by atoms with Gasteiger partial charge in [-0.2, -0.15) is 0 Å². The van der Waals surface area contributed by atoms with Crippen LogP contribution in [0, 0.1) is 25.2 Å². The van der Waals surface area contributed by atoms with E-state index >= 15 is 0 Å². The van der Waals surface area contributed by atoms with Crippen molar-refractivity contribution in [1.29, 1.82) is 5.41 Å². The molecule has 3 fully saturated rings. The van der Waals surface area contributed by atoms with Crippen LogP contribution < -0.4 is 21.3 Å². The number of urea groups is 1. The molecular formula is C28H43N7O3. The molecule has 10 heteroatoms. The van der Waals surface area contributed by atoms with Gasteiger partial charge in [-0.05, 0) is 50.2 Å². The average molecular weight is 526 g/mol. The van der Waals surface area contributed by atoms with Crippen molar-refractivity contribution in [3.05, 3.63) is 29.3 Å². The van der Waals surface area contributed by atoms with Gasteiger partial charge in [0.1, 0.15) is 12.1 Å². The van der Waals surface area contributed by atoms with Crippen molar-refractivity contribution >= 4 is 29.5 Å². The Kier molecular flexibility index (Phi) is 9.12. The third kappa shape index (κ3) is 6.39. The first kappa shape index (κ1) is 27.7. The van der Waals surface area contributed by atoms with Gasteiger partial charge in [-0.15, -0.1) is 0 Å². The lowest BCUT2D eigenvalue weighted by Gasteiger charge is -2.40. The number of aryl methyl sites for hydroxylation is 2. The highest BCUT2D eigenvalue weighted by molar-refractivity contribution is 6.07. The van der Waals surface area contributed by atoms with E-state index in [0.717, 1.165) is 38.8 Å². The topological polar surface area (TPSA) is 135 Å². The molecule has 38 heavy (non-hydrogen) atoms. The smallest absolute Gasteiger partial charge is 0.325 e. The Morgan fingerprint density at radius 1 is 1.11 bits per heavy atom. The number of guanidine groups is 1. The van der Waals surface area contributed by atoms with Gasteiger partial charge in [0.05, 0.1) is 0 Å². The van der Waals surface area contributed by atoms with E-state index in [1.807, 2.05) is 4.90 Å². The summed E-state index contributed by atoms with van der Waals surface area (Å²) in [6.07, 6.45) is 7.08. The molecule has 0 unspecified atom stereocenters. The number of hydrogen-bond acceptors (Lipinski definition) is 5. The highest BCUT2D eigenvalue weighted by Crippen LogP contribution is 2.31. The van der Waals surface area contributed by atoms with Crippen molar-refractivity contribution < 1.29 is 14.4 Å². The molecule has 10 nitrogen and oxygen atoms in total. The predicted octanol–water partition coefficient (Wildman–Crippen LogP) is 2.47. The minimum atomic E-state index is -0.766. The Labute approximate surface area is 225 Å². The zero-order chi connectivity index (χ0) is 27.2. The fraction of sp³-hybridized carbons (Fsp3) is 0.643. The van der Waals surface area contributed by atoms with Crippen LogP contribution >= 0.6 is 0 Å². The third-order valence-electron chi connectivity index (χ3n) is 8.26. The van der Waals surface area contributed by atoms with Gasteiger partial charge in [0, 0.05) is 38.4 Å². The largest absolute Gasteiger partial charge is 0.370 e. The number of piperazine rings is 1. The van der Waals surface area contributed by atoms with Crippen molar-refractivity contribution in [1.82, 2.24) is 20.4 Å². The Bertz CT molecular complexity index is 1010. The molecule has 0 bridgehead atoms. The zero-order valence-electron chi connectivity index (χ0n) is 22.8. The SMILES string of the molecule is Cc1cccc(C)c1N1CCN(C(=O)[C@@H](CC2CCCCC2)N2C(=O)N[C@H](CCCNC(=N)N)C2=O)CC1. The zero-order valence-corrected chi connectivity index (χ0v) is 22.8. The number of nitrogens with one attached hydrogen (secondary N) is 3. The van der Waals surface area contributed by atoms with Crippen LogP contribution in [0.1, 0.15) is 62.5 Å². The number of amides is 4. The van der Waals surface area contributed by atoms with Crippen LogP contribution in [0.5, 0.6) is 0 Å². The Morgan fingerprint density at radius 2 is 1.76 bits per heavy atom. The molecule has 2 heterocycles. The van der Waals surface area contributed by atoms with Crippen molar-refractivity contribution in [2.75, 3.05) is 37.6 Å². The minimum absolute atomic E-state index is 0.112.